The van der Waals surface area contributed by atoms with Gasteiger partial charge in [0.2, 0.25) is 0 Å². The van der Waals surface area contributed by atoms with E-state index in [9.17, 15) is 19.8 Å². The maximum atomic E-state index is 11.8. The third-order valence-electron chi connectivity index (χ3n) is 4.34. The molecule has 0 radical (unpaired) electrons. The molecule has 0 bridgehead atoms. The molecular weight excluding hydrogens is 244 g/mol. The summed E-state index contributed by atoms with van der Waals surface area (Å²) in [4.78, 5) is 23.2. The van der Waals surface area contributed by atoms with Gasteiger partial charge < -0.3 is 15.0 Å². The lowest BCUT2D eigenvalue weighted by Gasteiger charge is -2.41. The van der Waals surface area contributed by atoms with Crippen molar-refractivity contribution in [2.45, 2.75) is 47.0 Å². The summed E-state index contributed by atoms with van der Waals surface area (Å²) < 4.78 is 0. The highest BCUT2D eigenvalue weighted by molar-refractivity contribution is 5.99. The monoisotopic (exact) mass is 266 g/mol. The van der Waals surface area contributed by atoms with E-state index in [0.29, 0.717) is 31.1 Å². The molecule has 0 aromatic rings. The zero-order chi connectivity index (χ0) is 14.8. The van der Waals surface area contributed by atoms with Crippen molar-refractivity contribution in [2.75, 3.05) is 0 Å². The quantitative estimate of drug-likeness (QED) is 0.749. The van der Waals surface area contributed by atoms with Gasteiger partial charge in [-0.15, -0.1) is 0 Å². The molecule has 0 saturated carbocycles. The molecule has 1 atom stereocenters. The fourth-order valence-electron chi connectivity index (χ4n) is 3.09. The van der Waals surface area contributed by atoms with Crippen LogP contribution >= 0.6 is 0 Å². The smallest absolute Gasteiger partial charge is 0.160 e. The van der Waals surface area contributed by atoms with Gasteiger partial charge in [-0.2, -0.15) is 0 Å². The van der Waals surface area contributed by atoms with Gasteiger partial charge in [0.1, 0.15) is 17.8 Å². The maximum Gasteiger partial charge on any atom is 0.160 e. The Kier molecular flexibility index (Phi) is 4.56. The molecule has 4 heteroatoms. The average molecular weight is 266 g/mol. The van der Waals surface area contributed by atoms with Crippen molar-refractivity contribution in [3.05, 3.63) is 22.7 Å². The summed E-state index contributed by atoms with van der Waals surface area (Å²) in [6.45, 7) is 6.90. The molecule has 0 saturated heterocycles. The fourth-order valence-corrected chi connectivity index (χ4v) is 3.09. The second kappa shape index (κ2) is 5.59. The number of ketones is 1. The van der Waals surface area contributed by atoms with Crippen molar-refractivity contribution in [3.8, 4) is 0 Å². The Morgan fingerprint density at radius 1 is 1.26 bits per heavy atom. The summed E-state index contributed by atoms with van der Waals surface area (Å²) in [5, 5.41) is 20.6. The first-order valence-electron chi connectivity index (χ1n) is 6.73. The number of hydrogen-bond donors (Lipinski definition) is 2. The molecule has 0 heterocycles. The Morgan fingerprint density at radius 3 is 2.11 bits per heavy atom. The molecule has 1 aliphatic rings. The van der Waals surface area contributed by atoms with Gasteiger partial charge in [0.05, 0.1) is 5.92 Å². The summed E-state index contributed by atoms with van der Waals surface area (Å²) in [5.41, 5.74) is -0.263. The van der Waals surface area contributed by atoms with Crippen molar-refractivity contribution in [1.82, 2.24) is 0 Å². The zero-order valence-corrected chi connectivity index (χ0v) is 12.0. The minimum absolute atomic E-state index is 0.0552. The number of aldehydes is 1. The van der Waals surface area contributed by atoms with Crippen LogP contribution < -0.4 is 0 Å². The predicted octanol–water partition coefficient (Wildman–Crippen LogP) is 3.24. The van der Waals surface area contributed by atoms with Crippen LogP contribution in [-0.2, 0) is 9.59 Å². The highest BCUT2D eigenvalue weighted by Gasteiger charge is 2.48. The minimum atomic E-state index is -0.782. The normalized spacial score (nSPS) is 22.6. The summed E-state index contributed by atoms with van der Waals surface area (Å²) in [6.07, 6.45) is 2.16. The van der Waals surface area contributed by atoms with Crippen molar-refractivity contribution in [2.24, 2.45) is 11.3 Å². The first kappa shape index (κ1) is 15.5. The molecule has 0 fully saturated rings. The second-order valence-electron chi connectivity index (χ2n) is 4.98. The minimum Gasteiger partial charge on any atom is -0.511 e. The van der Waals surface area contributed by atoms with Crippen molar-refractivity contribution in [3.63, 3.8) is 0 Å². The Labute approximate surface area is 113 Å². The molecule has 0 aliphatic heterocycles. The van der Waals surface area contributed by atoms with E-state index in [1.807, 2.05) is 13.8 Å². The lowest BCUT2D eigenvalue weighted by Crippen LogP contribution is -2.40. The van der Waals surface area contributed by atoms with E-state index >= 15 is 0 Å². The van der Waals surface area contributed by atoms with Crippen LogP contribution in [0.15, 0.2) is 22.7 Å². The second-order valence-corrected chi connectivity index (χ2v) is 4.98. The Bertz CT molecular complexity index is 453. The number of rotatable bonds is 5. The SMILES string of the molecule is CCC1=C(O)C(CC)(CC)C(C=O)C(C(C)=O)=C1O. The third-order valence-corrected chi connectivity index (χ3v) is 4.34. The van der Waals surface area contributed by atoms with Crippen LogP contribution in [0.2, 0.25) is 0 Å². The average Bonchev–Trinajstić information content (AvgIpc) is 2.38. The van der Waals surface area contributed by atoms with Crippen LogP contribution in [0.4, 0.5) is 0 Å². The molecular formula is C15H22O4. The summed E-state index contributed by atoms with van der Waals surface area (Å²) in [5.74, 6) is -1.27. The highest BCUT2D eigenvalue weighted by Crippen LogP contribution is 2.50. The molecule has 0 amide bonds. The highest BCUT2D eigenvalue weighted by atomic mass is 16.3. The van der Waals surface area contributed by atoms with Gasteiger partial charge >= 0.3 is 0 Å². The number of hydrogen-bond acceptors (Lipinski definition) is 4. The molecule has 1 unspecified atom stereocenters. The Balaban J connectivity index is 3.67. The van der Waals surface area contributed by atoms with Crippen molar-refractivity contribution < 1.29 is 19.8 Å². The molecule has 4 nitrogen and oxygen atoms in total. The third kappa shape index (κ3) is 2.09. The molecule has 19 heavy (non-hydrogen) atoms. The molecule has 0 aromatic carbocycles. The van der Waals surface area contributed by atoms with Crippen LogP contribution in [0.25, 0.3) is 0 Å². The van der Waals surface area contributed by atoms with Gasteiger partial charge in [0, 0.05) is 16.6 Å². The lowest BCUT2D eigenvalue weighted by atomic mass is 9.62. The van der Waals surface area contributed by atoms with Crippen LogP contribution in [0, 0.1) is 11.3 Å². The van der Waals surface area contributed by atoms with E-state index in [1.54, 1.807) is 6.92 Å². The van der Waals surface area contributed by atoms with E-state index in [2.05, 4.69) is 0 Å². The predicted molar refractivity (Wildman–Crippen MR) is 72.9 cm³/mol. The van der Waals surface area contributed by atoms with Crippen LogP contribution in [0.1, 0.15) is 47.0 Å². The van der Waals surface area contributed by atoms with Gasteiger partial charge in [-0.3, -0.25) is 4.79 Å². The van der Waals surface area contributed by atoms with Crippen LogP contribution in [-0.4, -0.2) is 22.3 Å². The van der Waals surface area contributed by atoms with E-state index in [1.165, 1.54) is 6.92 Å². The molecule has 1 rings (SSSR count). The van der Waals surface area contributed by atoms with Crippen molar-refractivity contribution in [1.29, 1.82) is 0 Å². The number of carbonyl (C=O) groups is 2. The first-order valence-corrected chi connectivity index (χ1v) is 6.73. The molecule has 0 aromatic heterocycles. The molecule has 106 valence electrons. The van der Waals surface area contributed by atoms with Gasteiger partial charge in [0.25, 0.3) is 0 Å². The largest absolute Gasteiger partial charge is 0.511 e. The lowest BCUT2D eigenvalue weighted by molar-refractivity contribution is -0.120. The van der Waals surface area contributed by atoms with Crippen molar-refractivity contribution >= 4 is 12.1 Å². The number of Topliss-reactive ketones (excluding diaryl/α,β-unsaturated/α-hetero) is 1. The van der Waals surface area contributed by atoms with Crippen LogP contribution in [0.5, 0.6) is 0 Å². The Hall–Kier alpha value is -1.58. The maximum absolute atomic E-state index is 11.8. The first-order chi connectivity index (χ1) is 8.91. The van der Waals surface area contributed by atoms with E-state index < -0.39 is 11.3 Å². The van der Waals surface area contributed by atoms with Gasteiger partial charge in [0.15, 0.2) is 5.78 Å². The molecule has 0 spiro atoms. The van der Waals surface area contributed by atoms with Gasteiger partial charge in [-0.05, 0) is 26.2 Å². The standard InChI is InChI=1S/C15H22O4/c1-5-10-13(18)12(9(4)17)11(8-16)15(6-2,7-3)14(10)19/h8,11,18-19H,5-7H2,1-4H3. The number of aliphatic hydroxyl groups excluding tert-OH is 2. The number of carbonyl (C=O) groups excluding carboxylic acids is 2. The van der Waals surface area contributed by atoms with E-state index in [-0.39, 0.29) is 22.9 Å². The van der Waals surface area contributed by atoms with E-state index in [0.717, 1.165) is 0 Å². The summed E-state index contributed by atoms with van der Waals surface area (Å²) >= 11 is 0. The van der Waals surface area contributed by atoms with Gasteiger partial charge in [-0.25, -0.2) is 0 Å². The topological polar surface area (TPSA) is 74.6 Å². The fraction of sp³-hybridized carbons (Fsp3) is 0.600. The number of allylic oxidation sites excluding steroid dienone is 3. The number of aliphatic hydroxyl groups is 2. The van der Waals surface area contributed by atoms with Gasteiger partial charge in [-0.1, -0.05) is 20.8 Å². The summed E-state index contributed by atoms with van der Waals surface area (Å²) in [6, 6.07) is 0. The zero-order valence-electron chi connectivity index (χ0n) is 12.0. The summed E-state index contributed by atoms with van der Waals surface area (Å²) in [7, 11) is 0. The van der Waals surface area contributed by atoms with E-state index in [4.69, 9.17) is 0 Å². The van der Waals surface area contributed by atoms with Crippen LogP contribution in [0.3, 0.4) is 0 Å². The Morgan fingerprint density at radius 2 is 1.79 bits per heavy atom. The molecule has 2 N–H and O–H groups in total. The molecule has 1 aliphatic carbocycles.